The van der Waals surface area contributed by atoms with Gasteiger partial charge in [0.25, 0.3) is 0 Å². The Bertz CT molecular complexity index is 1000. The van der Waals surface area contributed by atoms with Gasteiger partial charge in [-0.25, -0.2) is 4.98 Å². The molecule has 1 unspecified atom stereocenters. The number of carboxylic acid groups (broad SMARTS) is 1. The quantitative estimate of drug-likeness (QED) is 0.647. The van der Waals surface area contributed by atoms with Crippen LogP contribution in [0.1, 0.15) is 11.3 Å². The first-order valence-corrected chi connectivity index (χ1v) is 10.1. The van der Waals surface area contributed by atoms with Gasteiger partial charge in [0.2, 0.25) is 11.8 Å². The first kappa shape index (κ1) is 20.2. The Morgan fingerprint density at radius 1 is 1.27 bits per heavy atom. The first-order chi connectivity index (χ1) is 14.4. The number of ketones is 1. The molecule has 2 aliphatic rings. The van der Waals surface area contributed by atoms with E-state index in [1.807, 2.05) is 30.3 Å². The number of ether oxygens (including phenoxy) is 1. The number of nitrogens with one attached hydrogen (secondary N) is 1. The van der Waals surface area contributed by atoms with Crippen LogP contribution in [0, 0.1) is 5.92 Å². The lowest BCUT2D eigenvalue weighted by Crippen LogP contribution is -2.70. The normalized spacial score (nSPS) is 20.1. The maximum atomic E-state index is 13.1. The molecule has 30 heavy (non-hydrogen) atoms. The minimum absolute atomic E-state index is 0.00571. The van der Waals surface area contributed by atoms with E-state index in [4.69, 9.17) is 9.84 Å². The number of hydrogen-bond donors (Lipinski definition) is 2. The molecular formula is C20H19N3O6S. The smallest absolute Gasteiger partial charge is 0.322 e. The topological polar surface area (TPSA) is 126 Å². The van der Waals surface area contributed by atoms with Crippen LogP contribution in [0.5, 0.6) is 0 Å². The van der Waals surface area contributed by atoms with E-state index in [1.54, 1.807) is 6.20 Å². The lowest BCUT2D eigenvalue weighted by Gasteiger charge is -2.52. The van der Waals surface area contributed by atoms with Gasteiger partial charge < -0.3 is 20.1 Å². The van der Waals surface area contributed by atoms with E-state index >= 15 is 0 Å². The summed E-state index contributed by atoms with van der Waals surface area (Å²) >= 11 is 1.43. The Labute approximate surface area is 175 Å². The average Bonchev–Trinajstić information content (AvgIpc) is 3.16. The lowest BCUT2D eigenvalue weighted by atomic mass is 9.78. The molecule has 0 bridgehead atoms. The summed E-state index contributed by atoms with van der Waals surface area (Å²) in [7, 11) is 0. The molecular weight excluding hydrogens is 410 g/mol. The van der Waals surface area contributed by atoms with Crippen molar-refractivity contribution in [1.82, 2.24) is 15.2 Å². The number of aliphatic carboxylic acids is 1. The highest BCUT2D eigenvalue weighted by molar-refractivity contribution is 7.15. The Hall–Kier alpha value is -3.11. The zero-order chi connectivity index (χ0) is 21.3. The van der Waals surface area contributed by atoms with Crippen molar-refractivity contribution >= 4 is 34.9 Å². The predicted octanol–water partition coefficient (Wildman–Crippen LogP) is 0.698. The molecule has 2 saturated heterocycles. The molecule has 10 heteroatoms. The molecule has 0 saturated carbocycles. The van der Waals surface area contributed by atoms with Crippen LogP contribution in [0.15, 0.2) is 36.5 Å². The van der Waals surface area contributed by atoms with Crippen molar-refractivity contribution in [3.8, 4) is 10.6 Å². The summed E-state index contributed by atoms with van der Waals surface area (Å²) in [6, 6.07) is 9.63. The van der Waals surface area contributed by atoms with Crippen molar-refractivity contribution in [3.63, 3.8) is 0 Å². The van der Waals surface area contributed by atoms with E-state index in [-0.39, 0.29) is 26.2 Å². The monoisotopic (exact) mass is 429 g/mol. The molecule has 2 amide bonds. The Balaban J connectivity index is 1.56. The number of rotatable bonds is 6. The summed E-state index contributed by atoms with van der Waals surface area (Å²) in [6.45, 7) is -0.0152. The highest BCUT2D eigenvalue weighted by Gasteiger charge is 2.56. The number of thiazole rings is 1. The number of hydrogen-bond acceptors (Lipinski definition) is 7. The van der Waals surface area contributed by atoms with Crippen molar-refractivity contribution < 1.29 is 29.0 Å². The summed E-state index contributed by atoms with van der Waals surface area (Å²) in [4.78, 5) is 55.5. The number of piperidine rings is 1. The number of amides is 2. The van der Waals surface area contributed by atoms with Crippen LogP contribution in [0.4, 0.5) is 0 Å². The molecule has 0 aliphatic carbocycles. The lowest BCUT2D eigenvalue weighted by molar-refractivity contribution is -0.188. The fraction of sp³-hybridized carbons (Fsp3) is 0.350. The van der Waals surface area contributed by atoms with Gasteiger partial charge in [-0.05, 0) is 0 Å². The molecule has 1 spiro atoms. The van der Waals surface area contributed by atoms with Crippen molar-refractivity contribution in [3.05, 3.63) is 41.4 Å². The summed E-state index contributed by atoms with van der Waals surface area (Å²) in [5, 5.41) is 11.7. The van der Waals surface area contributed by atoms with Crippen LogP contribution in [-0.4, -0.2) is 63.9 Å². The van der Waals surface area contributed by atoms with Gasteiger partial charge in [-0.2, -0.15) is 0 Å². The average molecular weight is 429 g/mol. The number of aromatic nitrogens is 1. The highest BCUT2D eigenvalue weighted by atomic mass is 32.1. The van der Waals surface area contributed by atoms with Gasteiger partial charge in [-0.3, -0.25) is 19.2 Å². The number of benzene rings is 1. The van der Waals surface area contributed by atoms with Gasteiger partial charge in [0.15, 0.2) is 11.7 Å². The molecule has 2 aromatic rings. The number of carboxylic acids is 1. The van der Waals surface area contributed by atoms with Gasteiger partial charge in [0, 0.05) is 23.1 Å². The second-order valence-electron chi connectivity index (χ2n) is 7.33. The Morgan fingerprint density at radius 2 is 2.00 bits per heavy atom. The molecule has 4 rings (SSSR count). The SMILES string of the molecule is O=C(O)CNC(=O)C1C(=O)CC2(COC2)N(Cc2cnc(-c3ccccc3)s2)C1=O. The van der Waals surface area contributed by atoms with Crippen molar-refractivity contribution in [2.75, 3.05) is 19.8 Å². The van der Waals surface area contributed by atoms with Gasteiger partial charge >= 0.3 is 5.97 Å². The minimum atomic E-state index is -1.54. The molecule has 1 aromatic heterocycles. The zero-order valence-electron chi connectivity index (χ0n) is 15.9. The molecule has 2 aliphatic heterocycles. The number of carbonyl (C=O) groups excluding carboxylic acids is 3. The maximum absolute atomic E-state index is 13.1. The Morgan fingerprint density at radius 3 is 2.63 bits per heavy atom. The van der Waals surface area contributed by atoms with E-state index in [2.05, 4.69) is 10.3 Å². The maximum Gasteiger partial charge on any atom is 0.322 e. The Kier molecular flexibility index (Phi) is 5.35. The molecule has 1 aromatic carbocycles. The van der Waals surface area contributed by atoms with Gasteiger partial charge in [-0.15, -0.1) is 11.3 Å². The van der Waals surface area contributed by atoms with E-state index in [9.17, 15) is 19.2 Å². The van der Waals surface area contributed by atoms with Crippen molar-refractivity contribution in [2.24, 2.45) is 5.92 Å². The third-order valence-corrected chi connectivity index (χ3v) is 6.25. The second-order valence-corrected chi connectivity index (χ2v) is 8.44. The number of likely N-dealkylation sites (tertiary alicyclic amines) is 1. The third kappa shape index (κ3) is 3.71. The molecule has 2 N–H and O–H groups in total. The molecule has 3 heterocycles. The van der Waals surface area contributed by atoms with Crippen LogP contribution in [-0.2, 0) is 30.5 Å². The van der Waals surface area contributed by atoms with Crippen LogP contribution >= 0.6 is 11.3 Å². The number of Topliss-reactive ketones (excluding diaryl/α,β-unsaturated/α-hetero) is 1. The summed E-state index contributed by atoms with van der Waals surface area (Å²) < 4.78 is 5.29. The third-order valence-electron chi connectivity index (χ3n) is 5.22. The number of carbonyl (C=O) groups is 4. The second kappa shape index (κ2) is 7.96. The molecule has 1 atom stereocenters. The van der Waals surface area contributed by atoms with E-state index in [1.165, 1.54) is 16.2 Å². The highest BCUT2D eigenvalue weighted by Crippen LogP contribution is 2.38. The number of nitrogens with zero attached hydrogens (tertiary/aromatic N) is 2. The van der Waals surface area contributed by atoms with Gasteiger partial charge in [0.05, 0.1) is 25.3 Å². The van der Waals surface area contributed by atoms with Crippen molar-refractivity contribution in [1.29, 1.82) is 0 Å². The summed E-state index contributed by atoms with van der Waals surface area (Å²) in [5.41, 5.74) is 0.191. The molecule has 2 fully saturated rings. The van der Waals surface area contributed by atoms with Crippen LogP contribution < -0.4 is 5.32 Å². The standard InChI is InChI=1S/C20H19N3O6S/c24-14-6-20(10-29-11-20)23(19(28)16(14)17(27)21-8-15(25)26)9-13-7-22-18(30-13)12-4-2-1-3-5-12/h1-5,7,16H,6,8-11H2,(H,21,27)(H,25,26). The first-order valence-electron chi connectivity index (χ1n) is 9.31. The van der Waals surface area contributed by atoms with E-state index in [0.29, 0.717) is 0 Å². The largest absolute Gasteiger partial charge is 0.480 e. The summed E-state index contributed by atoms with van der Waals surface area (Å²) in [5.74, 6) is -4.83. The van der Waals surface area contributed by atoms with E-state index < -0.39 is 41.6 Å². The molecule has 9 nitrogen and oxygen atoms in total. The predicted molar refractivity (Wildman–Crippen MR) is 105 cm³/mol. The fourth-order valence-electron chi connectivity index (χ4n) is 3.66. The van der Waals surface area contributed by atoms with E-state index in [0.717, 1.165) is 15.4 Å². The van der Waals surface area contributed by atoms with Crippen LogP contribution in [0.25, 0.3) is 10.6 Å². The minimum Gasteiger partial charge on any atom is -0.480 e. The zero-order valence-corrected chi connectivity index (χ0v) is 16.7. The van der Waals surface area contributed by atoms with Crippen LogP contribution in [0.3, 0.4) is 0 Å². The fourth-order valence-corrected chi connectivity index (χ4v) is 4.57. The van der Waals surface area contributed by atoms with Crippen LogP contribution in [0.2, 0.25) is 0 Å². The van der Waals surface area contributed by atoms with Gasteiger partial charge in [0.1, 0.15) is 11.6 Å². The van der Waals surface area contributed by atoms with Gasteiger partial charge in [-0.1, -0.05) is 30.3 Å². The molecule has 0 radical (unpaired) electrons. The van der Waals surface area contributed by atoms with Crippen molar-refractivity contribution in [2.45, 2.75) is 18.5 Å². The summed E-state index contributed by atoms with van der Waals surface area (Å²) in [6.07, 6.45) is 1.68. The molecule has 156 valence electrons.